The summed E-state index contributed by atoms with van der Waals surface area (Å²) in [6.45, 7) is 5.99. The van der Waals surface area contributed by atoms with Gasteiger partial charge in [-0.3, -0.25) is 4.79 Å². The second-order valence-corrected chi connectivity index (χ2v) is 4.22. The van der Waals surface area contributed by atoms with Crippen LogP contribution in [0.25, 0.3) is 0 Å². The molecule has 0 saturated carbocycles. The molecular formula is C11H19N3O2. The molecule has 0 amide bonds. The van der Waals surface area contributed by atoms with Crippen molar-refractivity contribution < 1.29 is 5.11 Å². The maximum atomic E-state index is 11.2. The van der Waals surface area contributed by atoms with E-state index in [0.29, 0.717) is 24.0 Å². The Bertz CT molecular complexity index is 387. The first-order chi connectivity index (χ1) is 7.52. The van der Waals surface area contributed by atoms with Gasteiger partial charge in [0.05, 0.1) is 0 Å². The van der Waals surface area contributed by atoms with Gasteiger partial charge in [-0.25, -0.2) is 4.98 Å². The second-order valence-electron chi connectivity index (χ2n) is 4.22. The third kappa shape index (κ3) is 3.66. The number of aliphatic hydroxyl groups excluding tert-OH is 1. The maximum Gasteiger partial charge on any atom is 0.252 e. The van der Waals surface area contributed by atoms with Crippen LogP contribution in [0.4, 0.5) is 5.82 Å². The van der Waals surface area contributed by atoms with Gasteiger partial charge in [0.15, 0.2) is 0 Å². The number of aromatic amines is 1. The number of aliphatic hydroxyl groups is 1. The normalized spacial score (nSPS) is 12.8. The zero-order valence-electron chi connectivity index (χ0n) is 9.95. The molecule has 0 bridgehead atoms. The highest BCUT2D eigenvalue weighted by Crippen LogP contribution is 2.11. The Kier molecular flexibility index (Phi) is 4.49. The molecule has 0 saturated heterocycles. The largest absolute Gasteiger partial charge is 0.396 e. The van der Waals surface area contributed by atoms with Crippen molar-refractivity contribution in [2.24, 2.45) is 5.92 Å². The lowest BCUT2D eigenvalue weighted by Gasteiger charge is -2.21. The molecule has 1 unspecified atom stereocenters. The van der Waals surface area contributed by atoms with Crippen LogP contribution in [0, 0.1) is 12.8 Å². The van der Waals surface area contributed by atoms with Crippen LogP contribution in [0.1, 0.15) is 26.1 Å². The number of H-pyrrole nitrogens is 1. The number of rotatable bonds is 5. The Morgan fingerprint density at radius 3 is 2.75 bits per heavy atom. The lowest BCUT2D eigenvalue weighted by molar-refractivity contribution is 0.267. The summed E-state index contributed by atoms with van der Waals surface area (Å²) in [5.41, 5.74) is -0.165. The van der Waals surface area contributed by atoms with Crippen molar-refractivity contribution in [3.63, 3.8) is 0 Å². The van der Waals surface area contributed by atoms with Crippen LogP contribution in [-0.4, -0.2) is 27.7 Å². The third-order valence-corrected chi connectivity index (χ3v) is 2.44. The van der Waals surface area contributed by atoms with E-state index in [9.17, 15) is 4.79 Å². The van der Waals surface area contributed by atoms with Gasteiger partial charge in [-0.15, -0.1) is 0 Å². The van der Waals surface area contributed by atoms with Crippen LogP contribution in [0.15, 0.2) is 10.9 Å². The Balaban J connectivity index is 2.80. The minimum Gasteiger partial charge on any atom is -0.396 e. The molecule has 1 atom stereocenters. The van der Waals surface area contributed by atoms with Crippen LogP contribution in [-0.2, 0) is 0 Å². The Morgan fingerprint density at radius 1 is 1.56 bits per heavy atom. The highest BCUT2D eigenvalue weighted by Gasteiger charge is 2.13. The van der Waals surface area contributed by atoms with E-state index >= 15 is 0 Å². The van der Waals surface area contributed by atoms with E-state index in [4.69, 9.17) is 5.11 Å². The summed E-state index contributed by atoms with van der Waals surface area (Å²) in [7, 11) is 0. The highest BCUT2D eigenvalue weighted by molar-refractivity contribution is 5.34. The van der Waals surface area contributed by atoms with Gasteiger partial charge in [0.2, 0.25) is 0 Å². The molecule has 3 N–H and O–H groups in total. The minimum atomic E-state index is -0.165. The molecule has 0 aliphatic carbocycles. The molecule has 5 nitrogen and oxygen atoms in total. The summed E-state index contributed by atoms with van der Waals surface area (Å²) >= 11 is 0. The van der Waals surface area contributed by atoms with Crippen LogP contribution in [0.2, 0.25) is 0 Å². The summed E-state index contributed by atoms with van der Waals surface area (Å²) in [5, 5.41) is 12.1. The van der Waals surface area contributed by atoms with E-state index in [2.05, 4.69) is 29.1 Å². The van der Waals surface area contributed by atoms with Crippen molar-refractivity contribution in [3.05, 3.63) is 22.2 Å². The zero-order chi connectivity index (χ0) is 12.1. The lowest BCUT2D eigenvalue weighted by atomic mass is 10.0. The fourth-order valence-corrected chi connectivity index (χ4v) is 1.55. The van der Waals surface area contributed by atoms with Gasteiger partial charge < -0.3 is 15.4 Å². The van der Waals surface area contributed by atoms with Crippen LogP contribution >= 0.6 is 0 Å². The molecule has 16 heavy (non-hydrogen) atoms. The molecule has 0 aliphatic heterocycles. The second kappa shape index (κ2) is 5.65. The predicted octanol–water partition coefficient (Wildman–Crippen LogP) is 0.897. The highest BCUT2D eigenvalue weighted by atomic mass is 16.3. The van der Waals surface area contributed by atoms with Gasteiger partial charge in [0, 0.05) is 18.7 Å². The summed E-state index contributed by atoms with van der Waals surface area (Å²) in [4.78, 5) is 18.0. The Hall–Kier alpha value is -1.36. The number of anilines is 1. The Morgan fingerprint density at radius 2 is 2.25 bits per heavy atom. The van der Waals surface area contributed by atoms with Crippen molar-refractivity contribution in [2.45, 2.75) is 33.2 Å². The monoisotopic (exact) mass is 225 g/mol. The molecule has 90 valence electrons. The van der Waals surface area contributed by atoms with Crippen LogP contribution in [0.5, 0.6) is 0 Å². The number of aryl methyl sites for hydroxylation is 1. The fourth-order valence-electron chi connectivity index (χ4n) is 1.55. The zero-order valence-corrected chi connectivity index (χ0v) is 9.95. The van der Waals surface area contributed by atoms with Crippen LogP contribution in [0.3, 0.4) is 0 Å². The smallest absolute Gasteiger partial charge is 0.252 e. The SMILES string of the molecule is Cc1nc(NC(CCO)C(C)C)cc(=O)[nH]1. The number of hydrogen-bond acceptors (Lipinski definition) is 4. The summed E-state index contributed by atoms with van der Waals surface area (Å²) < 4.78 is 0. The molecule has 0 aromatic carbocycles. The van der Waals surface area contributed by atoms with Crippen molar-refractivity contribution in [3.8, 4) is 0 Å². The summed E-state index contributed by atoms with van der Waals surface area (Å²) in [5.74, 6) is 1.52. The van der Waals surface area contributed by atoms with Gasteiger partial charge in [-0.1, -0.05) is 13.8 Å². The molecule has 1 heterocycles. The molecular weight excluding hydrogens is 206 g/mol. The van der Waals surface area contributed by atoms with Crippen molar-refractivity contribution >= 4 is 5.82 Å². The number of nitrogens with zero attached hydrogens (tertiary/aromatic N) is 1. The first-order valence-electron chi connectivity index (χ1n) is 5.48. The molecule has 5 heteroatoms. The average Bonchev–Trinajstić information content (AvgIpc) is 2.15. The number of nitrogens with one attached hydrogen (secondary N) is 2. The predicted molar refractivity (Wildman–Crippen MR) is 63.5 cm³/mol. The van der Waals surface area contributed by atoms with E-state index in [1.807, 2.05) is 0 Å². The first-order valence-corrected chi connectivity index (χ1v) is 5.48. The maximum absolute atomic E-state index is 11.2. The van der Waals surface area contributed by atoms with Gasteiger partial charge in [0.1, 0.15) is 11.6 Å². The van der Waals surface area contributed by atoms with Gasteiger partial charge in [-0.05, 0) is 19.3 Å². The van der Waals surface area contributed by atoms with E-state index in [0.717, 1.165) is 0 Å². The van der Waals surface area contributed by atoms with Crippen LogP contribution < -0.4 is 10.9 Å². The van der Waals surface area contributed by atoms with Gasteiger partial charge in [0.25, 0.3) is 5.56 Å². The lowest BCUT2D eigenvalue weighted by Crippen LogP contribution is -2.28. The molecule has 0 aliphatic rings. The van der Waals surface area contributed by atoms with Crippen molar-refractivity contribution in [2.75, 3.05) is 11.9 Å². The fraction of sp³-hybridized carbons (Fsp3) is 0.636. The van der Waals surface area contributed by atoms with Gasteiger partial charge >= 0.3 is 0 Å². The third-order valence-electron chi connectivity index (χ3n) is 2.44. The number of aromatic nitrogens is 2. The molecule has 0 radical (unpaired) electrons. The molecule has 0 spiro atoms. The summed E-state index contributed by atoms with van der Waals surface area (Å²) in [6.07, 6.45) is 0.644. The molecule has 1 aromatic rings. The van der Waals surface area contributed by atoms with Crippen molar-refractivity contribution in [1.82, 2.24) is 9.97 Å². The van der Waals surface area contributed by atoms with E-state index < -0.39 is 0 Å². The molecule has 1 rings (SSSR count). The topological polar surface area (TPSA) is 78.0 Å². The summed E-state index contributed by atoms with van der Waals surface area (Å²) in [6, 6.07) is 1.55. The van der Waals surface area contributed by atoms with Gasteiger partial charge in [-0.2, -0.15) is 0 Å². The Labute approximate surface area is 94.9 Å². The van der Waals surface area contributed by atoms with E-state index in [1.165, 1.54) is 6.07 Å². The van der Waals surface area contributed by atoms with E-state index in [1.54, 1.807) is 6.92 Å². The minimum absolute atomic E-state index is 0.123. The van der Waals surface area contributed by atoms with Crippen molar-refractivity contribution in [1.29, 1.82) is 0 Å². The standard InChI is InChI=1S/C11H19N3O2/c1-7(2)9(4-5-15)14-10-6-11(16)13-8(3)12-10/h6-7,9,15H,4-5H2,1-3H3,(H2,12,13,14,16). The van der Waals surface area contributed by atoms with E-state index in [-0.39, 0.29) is 18.2 Å². The molecule has 1 aromatic heterocycles. The molecule has 0 fully saturated rings. The first kappa shape index (κ1) is 12.7. The quantitative estimate of drug-likeness (QED) is 0.695. The number of hydrogen-bond donors (Lipinski definition) is 3. The average molecular weight is 225 g/mol.